The van der Waals surface area contributed by atoms with Crippen LogP contribution in [0.2, 0.25) is 0 Å². The molecule has 1 atom stereocenters. The summed E-state index contributed by atoms with van der Waals surface area (Å²) in [5, 5.41) is 14.9. The lowest BCUT2D eigenvalue weighted by Gasteiger charge is -2.20. The van der Waals surface area contributed by atoms with Gasteiger partial charge in [0.25, 0.3) is 5.91 Å². The third-order valence-corrected chi connectivity index (χ3v) is 4.52. The molecule has 2 aromatic carbocycles. The van der Waals surface area contributed by atoms with Gasteiger partial charge in [-0.25, -0.2) is 4.79 Å². The predicted octanol–water partition coefficient (Wildman–Crippen LogP) is 2.68. The number of amides is 4. The van der Waals surface area contributed by atoms with Crippen LogP contribution in [0.3, 0.4) is 0 Å². The Bertz CT molecular complexity index is 796. The van der Waals surface area contributed by atoms with Crippen molar-refractivity contribution in [1.82, 2.24) is 15.7 Å². The number of likely N-dealkylation sites (N-methyl/N-ethyl adjacent to an activating group) is 1. The van der Waals surface area contributed by atoms with E-state index in [1.54, 1.807) is 0 Å². The molecule has 0 heterocycles. The molecule has 0 radical (unpaired) electrons. The van der Waals surface area contributed by atoms with Gasteiger partial charge in [0.2, 0.25) is 5.91 Å². The van der Waals surface area contributed by atoms with Crippen molar-refractivity contribution in [3.05, 3.63) is 71.8 Å². The fraction of sp³-hybridized carbons (Fsp3) is 0.318. The SMILES string of the molecule is CNC(=O)[C@H](Cc1ccccc1)NC(=O)N(O)C(=O)CCCCc1ccccc1. The summed E-state index contributed by atoms with van der Waals surface area (Å²) in [7, 11) is 1.46. The van der Waals surface area contributed by atoms with E-state index in [0.29, 0.717) is 6.42 Å². The van der Waals surface area contributed by atoms with Crippen LogP contribution in [0.1, 0.15) is 30.4 Å². The van der Waals surface area contributed by atoms with E-state index < -0.39 is 23.9 Å². The number of carbonyl (C=O) groups excluding carboxylic acids is 3. The fourth-order valence-corrected chi connectivity index (χ4v) is 2.91. The molecule has 0 aliphatic heterocycles. The third-order valence-electron chi connectivity index (χ3n) is 4.52. The summed E-state index contributed by atoms with van der Waals surface area (Å²) in [6, 6.07) is 17.1. The van der Waals surface area contributed by atoms with Crippen LogP contribution in [0, 0.1) is 0 Å². The largest absolute Gasteiger partial charge is 0.357 e. The number of hydroxylamine groups is 2. The minimum atomic E-state index is -1.01. The summed E-state index contributed by atoms with van der Waals surface area (Å²) < 4.78 is 0. The Morgan fingerprint density at radius 3 is 2.10 bits per heavy atom. The lowest BCUT2D eigenvalue weighted by atomic mass is 10.1. The molecule has 4 amide bonds. The maximum absolute atomic E-state index is 12.2. The highest BCUT2D eigenvalue weighted by Gasteiger charge is 2.25. The highest BCUT2D eigenvalue weighted by Crippen LogP contribution is 2.08. The molecule has 2 rings (SSSR count). The lowest BCUT2D eigenvalue weighted by Crippen LogP contribution is -2.52. The number of nitrogens with zero attached hydrogens (tertiary/aromatic N) is 1. The second-order valence-corrected chi connectivity index (χ2v) is 6.70. The molecule has 0 bridgehead atoms. The van der Waals surface area contributed by atoms with Gasteiger partial charge in [-0.2, -0.15) is 0 Å². The normalized spacial score (nSPS) is 11.4. The van der Waals surface area contributed by atoms with Crippen molar-refractivity contribution in [1.29, 1.82) is 0 Å². The highest BCUT2D eigenvalue weighted by molar-refractivity contribution is 5.95. The van der Waals surface area contributed by atoms with Crippen molar-refractivity contribution in [2.75, 3.05) is 7.05 Å². The molecular weight excluding hydrogens is 370 g/mol. The van der Waals surface area contributed by atoms with Crippen LogP contribution in [0.4, 0.5) is 4.79 Å². The third kappa shape index (κ3) is 7.38. The number of hydrogen-bond acceptors (Lipinski definition) is 4. The van der Waals surface area contributed by atoms with Crippen molar-refractivity contribution in [3.8, 4) is 0 Å². The van der Waals surface area contributed by atoms with Crippen LogP contribution < -0.4 is 10.6 Å². The Kier molecular flexibility index (Phi) is 8.85. The Labute approximate surface area is 170 Å². The van der Waals surface area contributed by atoms with Crippen LogP contribution in [0.25, 0.3) is 0 Å². The first-order valence-electron chi connectivity index (χ1n) is 9.63. The zero-order valence-corrected chi connectivity index (χ0v) is 16.5. The molecule has 0 saturated heterocycles. The summed E-state index contributed by atoms with van der Waals surface area (Å²) in [5.41, 5.74) is 2.02. The molecule has 0 aliphatic carbocycles. The van der Waals surface area contributed by atoms with Gasteiger partial charge >= 0.3 is 6.03 Å². The first-order valence-corrected chi connectivity index (χ1v) is 9.63. The van der Waals surface area contributed by atoms with Gasteiger partial charge in [0, 0.05) is 19.9 Å². The number of imide groups is 1. The molecular formula is C22H27N3O4. The Morgan fingerprint density at radius 1 is 0.931 bits per heavy atom. The van der Waals surface area contributed by atoms with Gasteiger partial charge in [0.15, 0.2) is 0 Å². The number of benzene rings is 2. The van der Waals surface area contributed by atoms with Gasteiger partial charge in [0.05, 0.1) is 0 Å². The summed E-state index contributed by atoms with van der Waals surface area (Å²) in [5.74, 6) is -1.11. The minimum Gasteiger partial charge on any atom is -0.357 e. The van der Waals surface area contributed by atoms with Crippen molar-refractivity contribution >= 4 is 17.8 Å². The summed E-state index contributed by atoms with van der Waals surface area (Å²) in [6.07, 6.45) is 2.41. The van der Waals surface area contributed by atoms with Crippen LogP contribution in [-0.4, -0.2) is 41.2 Å². The Morgan fingerprint density at radius 2 is 1.52 bits per heavy atom. The van der Waals surface area contributed by atoms with Crippen LogP contribution in [0.5, 0.6) is 0 Å². The molecule has 7 nitrogen and oxygen atoms in total. The van der Waals surface area contributed by atoms with Gasteiger partial charge in [-0.3, -0.25) is 14.8 Å². The van der Waals surface area contributed by atoms with Crippen LogP contribution in [-0.2, 0) is 22.4 Å². The van der Waals surface area contributed by atoms with E-state index in [1.807, 2.05) is 60.7 Å². The highest BCUT2D eigenvalue weighted by atomic mass is 16.5. The van der Waals surface area contributed by atoms with Crippen molar-refractivity contribution in [2.24, 2.45) is 0 Å². The van der Waals surface area contributed by atoms with Crippen molar-refractivity contribution in [2.45, 2.75) is 38.1 Å². The summed E-state index contributed by atoms with van der Waals surface area (Å²) in [6.45, 7) is 0. The van der Waals surface area contributed by atoms with Crippen LogP contribution in [0.15, 0.2) is 60.7 Å². The molecule has 29 heavy (non-hydrogen) atoms. The Hall–Kier alpha value is -3.19. The van der Waals surface area contributed by atoms with E-state index >= 15 is 0 Å². The fourth-order valence-electron chi connectivity index (χ4n) is 2.91. The van der Waals surface area contributed by atoms with E-state index in [2.05, 4.69) is 10.6 Å². The minimum absolute atomic E-state index is 0.0417. The molecule has 2 aromatic rings. The number of urea groups is 1. The van der Waals surface area contributed by atoms with E-state index in [0.717, 1.165) is 18.4 Å². The van der Waals surface area contributed by atoms with E-state index in [9.17, 15) is 19.6 Å². The van der Waals surface area contributed by atoms with E-state index in [-0.39, 0.29) is 17.9 Å². The predicted molar refractivity (Wildman–Crippen MR) is 109 cm³/mol. The number of aryl methyl sites for hydroxylation is 1. The zero-order valence-electron chi connectivity index (χ0n) is 16.5. The maximum atomic E-state index is 12.2. The second-order valence-electron chi connectivity index (χ2n) is 6.70. The number of nitrogens with one attached hydrogen (secondary N) is 2. The van der Waals surface area contributed by atoms with Gasteiger partial charge in [-0.1, -0.05) is 60.7 Å². The summed E-state index contributed by atoms with van der Waals surface area (Å²) >= 11 is 0. The van der Waals surface area contributed by atoms with E-state index in [1.165, 1.54) is 12.6 Å². The molecule has 0 aromatic heterocycles. The standard InChI is InChI=1S/C22H27N3O4/c1-23-21(27)19(16-18-13-6-3-7-14-18)24-22(28)25(29)20(26)15-9-8-12-17-10-4-2-5-11-17/h2-7,10-11,13-14,19,29H,8-9,12,15-16H2,1H3,(H,23,27)(H,24,28)/t19-/m0/s1. The monoisotopic (exact) mass is 397 g/mol. The molecule has 3 N–H and O–H groups in total. The van der Waals surface area contributed by atoms with Crippen molar-refractivity contribution in [3.63, 3.8) is 0 Å². The van der Waals surface area contributed by atoms with Crippen LogP contribution >= 0.6 is 0 Å². The number of carbonyl (C=O) groups is 3. The topological polar surface area (TPSA) is 98.7 Å². The zero-order chi connectivity index (χ0) is 21.1. The number of hydrogen-bond donors (Lipinski definition) is 3. The molecule has 0 spiro atoms. The maximum Gasteiger partial charge on any atom is 0.349 e. The average Bonchev–Trinajstić information content (AvgIpc) is 2.76. The summed E-state index contributed by atoms with van der Waals surface area (Å²) in [4.78, 5) is 36.4. The van der Waals surface area contributed by atoms with Gasteiger partial charge in [0.1, 0.15) is 6.04 Å². The first kappa shape index (κ1) is 22.1. The van der Waals surface area contributed by atoms with Gasteiger partial charge in [-0.15, -0.1) is 5.06 Å². The average molecular weight is 397 g/mol. The molecule has 7 heteroatoms. The smallest absolute Gasteiger partial charge is 0.349 e. The molecule has 0 unspecified atom stereocenters. The first-order chi connectivity index (χ1) is 14.0. The molecule has 154 valence electrons. The molecule has 0 saturated carbocycles. The van der Waals surface area contributed by atoms with Crippen molar-refractivity contribution < 1.29 is 19.6 Å². The van der Waals surface area contributed by atoms with Gasteiger partial charge < -0.3 is 10.6 Å². The van der Waals surface area contributed by atoms with E-state index in [4.69, 9.17) is 0 Å². The quantitative estimate of drug-likeness (QED) is 0.344. The second kappa shape index (κ2) is 11.6. The van der Waals surface area contributed by atoms with Gasteiger partial charge in [-0.05, 0) is 30.4 Å². The molecule has 0 aliphatic rings. The Balaban J connectivity index is 1.82. The number of unbranched alkanes of at least 4 members (excludes halogenated alkanes) is 1. The molecule has 0 fully saturated rings. The lowest BCUT2D eigenvalue weighted by molar-refractivity contribution is -0.153. The number of rotatable bonds is 9.